The third-order valence-corrected chi connectivity index (χ3v) is 5.27. The lowest BCUT2D eigenvalue weighted by atomic mass is 10.2. The molecule has 130 valence electrons. The SMILES string of the molecule is CN(Cc1nc(-c2cccs2)no1)C(=O)CSCc1ccc(F)cc1. The topological polar surface area (TPSA) is 59.2 Å². The van der Waals surface area contributed by atoms with Crippen molar-refractivity contribution in [2.45, 2.75) is 12.3 Å². The lowest BCUT2D eigenvalue weighted by Crippen LogP contribution is -2.28. The standard InChI is InChI=1S/C17H16FN3O2S2/c1-21(9-15-19-17(20-23-15)14-3-2-8-25-14)16(22)11-24-10-12-4-6-13(18)7-5-12/h2-8H,9-11H2,1H3. The van der Waals surface area contributed by atoms with E-state index in [4.69, 9.17) is 4.52 Å². The van der Waals surface area contributed by atoms with Crippen LogP contribution in [0.4, 0.5) is 4.39 Å². The van der Waals surface area contributed by atoms with Gasteiger partial charge in [0.2, 0.25) is 17.6 Å². The quantitative estimate of drug-likeness (QED) is 0.626. The van der Waals surface area contributed by atoms with Crippen molar-refractivity contribution in [3.05, 3.63) is 59.0 Å². The lowest BCUT2D eigenvalue weighted by Gasteiger charge is -2.14. The first-order valence-electron chi connectivity index (χ1n) is 7.54. The van der Waals surface area contributed by atoms with E-state index in [-0.39, 0.29) is 18.3 Å². The molecule has 0 saturated carbocycles. The highest BCUT2D eigenvalue weighted by Crippen LogP contribution is 2.21. The highest BCUT2D eigenvalue weighted by Gasteiger charge is 2.15. The van der Waals surface area contributed by atoms with E-state index in [1.54, 1.807) is 24.1 Å². The molecule has 0 spiro atoms. The minimum Gasteiger partial charge on any atom is -0.337 e. The number of carbonyl (C=O) groups excluding carboxylic acids is 1. The zero-order valence-corrected chi connectivity index (χ0v) is 15.1. The largest absolute Gasteiger partial charge is 0.337 e. The second-order valence-corrected chi connectivity index (χ2v) is 7.29. The van der Waals surface area contributed by atoms with E-state index < -0.39 is 0 Å². The van der Waals surface area contributed by atoms with Crippen LogP contribution in [0.15, 0.2) is 46.3 Å². The number of nitrogens with zero attached hydrogens (tertiary/aromatic N) is 3. The first kappa shape index (κ1) is 17.6. The van der Waals surface area contributed by atoms with Crippen LogP contribution in [0.5, 0.6) is 0 Å². The van der Waals surface area contributed by atoms with Crippen LogP contribution < -0.4 is 0 Å². The molecular weight excluding hydrogens is 361 g/mol. The fourth-order valence-electron chi connectivity index (χ4n) is 2.06. The molecule has 0 aliphatic heterocycles. The summed E-state index contributed by atoms with van der Waals surface area (Å²) in [6, 6.07) is 10.1. The summed E-state index contributed by atoms with van der Waals surface area (Å²) in [5.74, 6) is 1.65. The maximum Gasteiger partial charge on any atom is 0.246 e. The molecule has 25 heavy (non-hydrogen) atoms. The fourth-order valence-corrected chi connectivity index (χ4v) is 3.64. The van der Waals surface area contributed by atoms with Gasteiger partial charge in [-0.1, -0.05) is 23.4 Å². The molecule has 3 aromatic rings. The molecule has 2 heterocycles. The molecule has 1 amide bonds. The maximum atomic E-state index is 12.9. The number of rotatable bonds is 7. The molecule has 0 radical (unpaired) electrons. The summed E-state index contributed by atoms with van der Waals surface area (Å²) in [5.41, 5.74) is 0.986. The van der Waals surface area contributed by atoms with E-state index in [9.17, 15) is 9.18 Å². The predicted molar refractivity (Wildman–Crippen MR) is 96.6 cm³/mol. The summed E-state index contributed by atoms with van der Waals surface area (Å²) in [5, 5.41) is 5.87. The Labute approximate surface area is 152 Å². The lowest BCUT2D eigenvalue weighted by molar-refractivity contribution is -0.127. The number of aromatic nitrogens is 2. The zero-order valence-electron chi connectivity index (χ0n) is 13.5. The Morgan fingerprint density at radius 1 is 1.32 bits per heavy atom. The molecule has 0 aliphatic carbocycles. The molecule has 0 atom stereocenters. The van der Waals surface area contributed by atoms with Crippen LogP contribution in [-0.4, -0.2) is 33.7 Å². The van der Waals surface area contributed by atoms with Crippen LogP contribution in [0, 0.1) is 5.82 Å². The molecule has 2 aromatic heterocycles. The van der Waals surface area contributed by atoms with E-state index in [0.717, 1.165) is 10.4 Å². The van der Waals surface area contributed by atoms with Gasteiger partial charge in [0.05, 0.1) is 17.2 Å². The summed E-state index contributed by atoms with van der Waals surface area (Å²) in [7, 11) is 1.70. The van der Waals surface area contributed by atoms with Gasteiger partial charge < -0.3 is 9.42 Å². The number of carbonyl (C=O) groups is 1. The van der Waals surface area contributed by atoms with Crippen molar-refractivity contribution in [1.82, 2.24) is 15.0 Å². The van der Waals surface area contributed by atoms with Gasteiger partial charge in [-0.15, -0.1) is 23.1 Å². The van der Waals surface area contributed by atoms with Crippen molar-refractivity contribution in [1.29, 1.82) is 0 Å². The number of amides is 1. The van der Waals surface area contributed by atoms with Crippen LogP contribution in [0.3, 0.4) is 0 Å². The first-order valence-corrected chi connectivity index (χ1v) is 9.58. The Balaban J connectivity index is 1.46. The third kappa shape index (κ3) is 4.90. The summed E-state index contributed by atoms with van der Waals surface area (Å²) in [4.78, 5) is 19.0. The van der Waals surface area contributed by atoms with Gasteiger partial charge in [0.1, 0.15) is 5.82 Å². The number of hydrogen-bond donors (Lipinski definition) is 0. The summed E-state index contributed by atoms with van der Waals surface area (Å²) < 4.78 is 18.1. The minimum absolute atomic E-state index is 0.0250. The van der Waals surface area contributed by atoms with Crippen molar-refractivity contribution >= 4 is 29.0 Å². The molecule has 3 rings (SSSR count). The molecule has 0 unspecified atom stereocenters. The average molecular weight is 377 g/mol. The molecular formula is C17H16FN3O2S2. The average Bonchev–Trinajstić information content (AvgIpc) is 3.27. The third-order valence-electron chi connectivity index (χ3n) is 3.42. The maximum absolute atomic E-state index is 12.9. The van der Waals surface area contributed by atoms with Crippen LogP contribution in [0.25, 0.3) is 10.7 Å². The smallest absolute Gasteiger partial charge is 0.246 e. The number of thiophene rings is 1. The minimum atomic E-state index is -0.258. The fraction of sp³-hybridized carbons (Fsp3) is 0.235. The van der Waals surface area contributed by atoms with Gasteiger partial charge in [-0.2, -0.15) is 4.98 Å². The van der Waals surface area contributed by atoms with Crippen LogP contribution in [0.1, 0.15) is 11.5 Å². The summed E-state index contributed by atoms with van der Waals surface area (Å²) in [6.45, 7) is 0.272. The van der Waals surface area contributed by atoms with Crippen LogP contribution in [-0.2, 0) is 17.1 Å². The second-order valence-electron chi connectivity index (χ2n) is 5.36. The van der Waals surface area contributed by atoms with E-state index in [0.29, 0.717) is 23.2 Å². The van der Waals surface area contributed by atoms with Crippen molar-refractivity contribution in [2.24, 2.45) is 0 Å². The van der Waals surface area contributed by atoms with Gasteiger partial charge in [-0.05, 0) is 29.1 Å². The van der Waals surface area contributed by atoms with Crippen LogP contribution >= 0.6 is 23.1 Å². The van der Waals surface area contributed by atoms with Gasteiger partial charge in [0, 0.05) is 12.8 Å². The molecule has 5 nitrogen and oxygen atoms in total. The Hall–Kier alpha value is -2.19. The molecule has 0 aliphatic rings. The molecule has 0 N–H and O–H groups in total. The Kier molecular flexibility index (Phi) is 5.83. The Morgan fingerprint density at radius 3 is 2.84 bits per heavy atom. The molecule has 1 aromatic carbocycles. The number of thioether (sulfide) groups is 1. The number of hydrogen-bond acceptors (Lipinski definition) is 6. The van der Waals surface area contributed by atoms with E-state index in [1.807, 2.05) is 17.5 Å². The van der Waals surface area contributed by atoms with Crippen molar-refractivity contribution in [3.8, 4) is 10.7 Å². The summed E-state index contributed by atoms with van der Waals surface area (Å²) >= 11 is 3.02. The van der Waals surface area contributed by atoms with Gasteiger partial charge in [0.25, 0.3) is 0 Å². The van der Waals surface area contributed by atoms with Gasteiger partial charge in [-0.3, -0.25) is 4.79 Å². The Bertz CT molecular complexity index is 819. The van der Waals surface area contributed by atoms with Crippen molar-refractivity contribution in [2.75, 3.05) is 12.8 Å². The highest BCUT2D eigenvalue weighted by molar-refractivity contribution is 7.99. The monoisotopic (exact) mass is 377 g/mol. The van der Waals surface area contributed by atoms with Gasteiger partial charge in [-0.25, -0.2) is 4.39 Å². The first-order chi connectivity index (χ1) is 12.1. The Morgan fingerprint density at radius 2 is 2.12 bits per heavy atom. The normalized spacial score (nSPS) is 10.8. The van der Waals surface area contributed by atoms with E-state index >= 15 is 0 Å². The molecule has 0 fully saturated rings. The molecule has 8 heteroatoms. The predicted octanol–water partition coefficient (Wildman–Crippen LogP) is 3.83. The van der Waals surface area contributed by atoms with Gasteiger partial charge in [0.15, 0.2) is 0 Å². The highest BCUT2D eigenvalue weighted by atomic mass is 32.2. The molecule has 0 saturated heterocycles. The second kappa shape index (κ2) is 8.26. The van der Waals surface area contributed by atoms with E-state index in [2.05, 4.69) is 10.1 Å². The number of halogens is 1. The van der Waals surface area contributed by atoms with Crippen LogP contribution in [0.2, 0.25) is 0 Å². The van der Waals surface area contributed by atoms with E-state index in [1.165, 1.54) is 35.2 Å². The summed E-state index contributed by atoms with van der Waals surface area (Å²) in [6.07, 6.45) is 0. The zero-order chi connectivity index (χ0) is 17.6. The van der Waals surface area contributed by atoms with Crippen molar-refractivity contribution in [3.63, 3.8) is 0 Å². The van der Waals surface area contributed by atoms with Gasteiger partial charge >= 0.3 is 0 Å². The number of benzene rings is 1. The van der Waals surface area contributed by atoms with Crippen molar-refractivity contribution < 1.29 is 13.7 Å². The molecule has 0 bridgehead atoms.